The summed E-state index contributed by atoms with van der Waals surface area (Å²) < 4.78 is 4.47. The molecule has 0 heterocycles. The molecule has 0 aliphatic heterocycles. The van der Waals surface area contributed by atoms with E-state index in [1.165, 1.54) is 64.9 Å². The van der Waals surface area contributed by atoms with Crippen molar-refractivity contribution in [3.05, 3.63) is 24.3 Å². The number of esters is 1. The van der Waals surface area contributed by atoms with E-state index < -0.39 is 0 Å². The smallest absolute Gasteiger partial charge is 0.305 e. The SMILES string of the molecule is C/C=C\CCCC(=O)OC.CCCCCC/C=C/C1CCCC1. The Morgan fingerprint density at radius 3 is 2.35 bits per heavy atom. The van der Waals surface area contributed by atoms with Crippen LogP contribution in [0.25, 0.3) is 0 Å². The topological polar surface area (TPSA) is 26.3 Å². The van der Waals surface area contributed by atoms with Gasteiger partial charge < -0.3 is 4.74 Å². The fraction of sp³-hybridized carbons (Fsp3) is 0.762. The van der Waals surface area contributed by atoms with Crippen LogP contribution in [-0.4, -0.2) is 13.1 Å². The predicted molar refractivity (Wildman–Crippen MR) is 101 cm³/mol. The number of hydrogen-bond donors (Lipinski definition) is 0. The van der Waals surface area contributed by atoms with Crippen LogP contribution in [0.3, 0.4) is 0 Å². The summed E-state index contributed by atoms with van der Waals surface area (Å²) in [6.45, 7) is 4.24. The van der Waals surface area contributed by atoms with E-state index in [1.54, 1.807) is 0 Å². The second-order valence-corrected chi connectivity index (χ2v) is 6.36. The first-order valence-corrected chi connectivity index (χ1v) is 9.59. The van der Waals surface area contributed by atoms with E-state index in [9.17, 15) is 4.79 Å². The zero-order chi connectivity index (χ0) is 17.2. The molecule has 0 amide bonds. The van der Waals surface area contributed by atoms with Crippen LogP contribution < -0.4 is 0 Å². The van der Waals surface area contributed by atoms with E-state index in [1.807, 2.05) is 19.1 Å². The van der Waals surface area contributed by atoms with Crippen molar-refractivity contribution < 1.29 is 9.53 Å². The number of rotatable bonds is 10. The summed E-state index contributed by atoms with van der Waals surface area (Å²) in [7, 11) is 1.41. The molecule has 2 heteroatoms. The van der Waals surface area contributed by atoms with Crippen LogP contribution in [0, 0.1) is 5.92 Å². The van der Waals surface area contributed by atoms with Gasteiger partial charge in [-0.1, -0.05) is 63.3 Å². The molecule has 1 aliphatic rings. The molecule has 0 aromatic rings. The van der Waals surface area contributed by atoms with Gasteiger partial charge in [0.15, 0.2) is 0 Å². The predicted octanol–water partition coefficient (Wildman–Crippen LogP) is 6.61. The molecule has 0 bridgehead atoms. The average Bonchev–Trinajstić information content (AvgIpc) is 3.08. The molecule has 1 rings (SSSR count). The fourth-order valence-corrected chi connectivity index (χ4v) is 2.76. The summed E-state index contributed by atoms with van der Waals surface area (Å²) in [4.78, 5) is 10.5. The van der Waals surface area contributed by atoms with Crippen molar-refractivity contribution in [2.24, 2.45) is 5.92 Å². The number of methoxy groups -OCH3 is 1. The van der Waals surface area contributed by atoms with Crippen LogP contribution in [-0.2, 0) is 9.53 Å². The molecule has 0 aromatic heterocycles. The van der Waals surface area contributed by atoms with Gasteiger partial charge in [-0.15, -0.1) is 0 Å². The van der Waals surface area contributed by atoms with Gasteiger partial charge in [0.25, 0.3) is 0 Å². The molecule has 0 atom stereocenters. The molecule has 0 saturated heterocycles. The molecule has 0 spiro atoms. The van der Waals surface area contributed by atoms with Gasteiger partial charge in [-0.25, -0.2) is 0 Å². The number of hydrogen-bond acceptors (Lipinski definition) is 2. The molecule has 0 radical (unpaired) electrons. The second kappa shape index (κ2) is 17.3. The van der Waals surface area contributed by atoms with Crippen LogP contribution in [0.15, 0.2) is 24.3 Å². The summed E-state index contributed by atoms with van der Waals surface area (Å²) in [6.07, 6.45) is 24.0. The van der Waals surface area contributed by atoms with Crippen LogP contribution in [0.2, 0.25) is 0 Å². The van der Waals surface area contributed by atoms with Crippen molar-refractivity contribution in [2.75, 3.05) is 7.11 Å². The largest absolute Gasteiger partial charge is 0.469 e. The van der Waals surface area contributed by atoms with Gasteiger partial charge in [0.2, 0.25) is 0 Å². The van der Waals surface area contributed by atoms with E-state index in [0.29, 0.717) is 6.42 Å². The Bertz CT molecular complexity index is 312. The minimum atomic E-state index is -0.121. The molecule has 2 nitrogen and oxygen atoms in total. The number of unbranched alkanes of at least 4 members (excludes halogenated alkanes) is 5. The summed E-state index contributed by atoms with van der Waals surface area (Å²) in [6, 6.07) is 0. The first-order chi connectivity index (χ1) is 11.2. The van der Waals surface area contributed by atoms with Gasteiger partial charge in [0.05, 0.1) is 7.11 Å². The Hall–Kier alpha value is -1.05. The van der Waals surface area contributed by atoms with Crippen LogP contribution in [0.1, 0.15) is 90.9 Å². The molecule has 0 N–H and O–H groups in total. The van der Waals surface area contributed by atoms with Crippen LogP contribution in [0.4, 0.5) is 0 Å². The minimum absolute atomic E-state index is 0.121. The molecular formula is C21H38O2. The van der Waals surface area contributed by atoms with Gasteiger partial charge >= 0.3 is 5.97 Å². The number of ether oxygens (including phenoxy) is 1. The highest BCUT2D eigenvalue weighted by Gasteiger charge is 2.10. The van der Waals surface area contributed by atoms with E-state index in [-0.39, 0.29) is 5.97 Å². The summed E-state index contributed by atoms with van der Waals surface area (Å²) in [5.41, 5.74) is 0. The molecular weight excluding hydrogens is 284 g/mol. The van der Waals surface area contributed by atoms with E-state index >= 15 is 0 Å². The molecule has 0 aromatic carbocycles. The maximum atomic E-state index is 10.5. The standard InChI is InChI=1S/C13H24.C8H14O2/c1-2-3-4-5-6-7-10-13-11-8-9-12-13;1-3-4-5-6-7-8(9)10-2/h7,10,13H,2-6,8-9,11-12H2,1H3;3-4H,5-7H2,1-2H3/b10-7+;4-3-. The highest BCUT2D eigenvalue weighted by molar-refractivity contribution is 5.68. The Morgan fingerprint density at radius 2 is 1.74 bits per heavy atom. The fourth-order valence-electron chi connectivity index (χ4n) is 2.76. The molecule has 134 valence electrons. The number of carbonyl (C=O) groups excluding carboxylic acids is 1. The van der Waals surface area contributed by atoms with Crippen molar-refractivity contribution in [2.45, 2.75) is 90.9 Å². The monoisotopic (exact) mass is 322 g/mol. The highest BCUT2D eigenvalue weighted by Crippen LogP contribution is 2.25. The molecule has 23 heavy (non-hydrogen) atoms. The average molecular weight is 323 g/mol. The molecule has 1 aliphatic carbocycles. The third kappa shape index (κ3) is 15.6. The molecule has 1 saturated carbocycles. The molecule has 0 unspecified atom stereocenters. The van der Waals surface area contributed by atoms with Crippen LogP contribution >= 0.6 is 0 Å². The van der Waals surface area contributed by atoms with Crippen LogP contribution in [0.5, 0.6) is 0 Å². The normalized spacial score (nSPS) is 15.1. The lowest BCUT2D eigenvalue weighted by molar-refractivity contribution is -0.140. The third-order valence-electron chi connectivity index (χ3n) is 4.25. The lowest BCUT2D eigenvalue weighted by Gasteiger charge is -1.99. The highest BCUT2D eigenvalue weighted by atomic mass is 16.5. The third-order valence-corrected chi connectivity index (χ3v) is 4.25. The maximum Gasteiger partial charge on any atom is 0.305 e. The Morgan fingerprint density at radius 1 is 1.04 bits per heavy atom. The van der Waals surface area contributed by atoms with Crippen molar-refractivity contribution in [1.29, 1.82) is 0 Å². The Kier molecular flexibility index (Phi) is 16.5. The summed E-state index contributed by atoms with van der Waals surface area (Å²) in [5, 5.41) is 0. The van der Waals surface area contributed by atoms with E-state index in [4.69, 9.17) is 0 Å². The zero-order valence-electron chi connectivity index (χ0n) is 15.7. The quantitative estimate of drug-likeness (QED) is 0.257. The molecule has 1 fully saturated rings. The van der Waals surface area contributed by atoms with Crippen molar-refractivity contribution in [3.63, 3.8) is 0 Å². The van der Waals surface area contributed by atoms with Gasteiger partial charge in [-0.2, -0.15) is 0 Å². The number of allylic oxidation sites excluding steroid dienone is 4. The first kappa shape index (κ1) is 21.9. The van der Waals surface area contributed by atoms with E-state index in [0.717, 1.165) is 18.8 Å². The minimum Gasteiger partial charge on any atom is -0.469 e. The first-order valence-electron chi connectivity index (χ1n) is 9.59. The van der Waals surface area contributed by atoms with E-state index in [2.05, 4.69) is 23.8 Å². The Balaban J connectivity index is 0.000000438. The van der Waals surface area contributed by atoms with Gasteiger partial charge in [-0.05, 0) is 51.4 Å². The van der Waals surface area contributed by atoms with Gasteiger partial charge in [0.1, 0.15) is 0 Å². The number of carbonyl (C=O) groups is 1. The maximum absolute atomic E-state index is 10.5. The van der Waals surface area contributed by atoms with Gasteiger partial charge in [0, 0.05) is 6.42 Å². The zero-order valence-corrected chi connectivity index (χ0v) is 15.7. The lowest BCUT2D eigenvalue weighted by Crippen LogP contribution is -1.98. The van der Waals surface area contributed by atoms with Crippen molar-refractivity contribution in [3.8, 4) is 0 Å². The summed E-state index contributed by atoms with van der Waals surface area (Å²) >= 11 is 0. The summed E-state index contributed by atoms with van der Waals surface area (Å²) in [5.74, 6) is 0.815. The van der Waals surface area contributed by atoms with Crippen molar-refractivity contribution in [1.82, 2.24) is 0 Å². The van der Waals surface area contributed by atoms with Crippen molar-refractivity contribution >= 4 is 5.97 Å². The second-order valence-electron chi connectivity index (χ2n) is 6.36. The Labute approximate surface area is 144 Å². The van der Waals surface area contributed by atoms with Gasteiger partial charge in [-0.3, -0.25) is 4.79 Å². The lowest BCUT2D eigenvalue weighted by atomic mass is 10.1.